The summed E-state index contributed by atoms with van der Waals surface area (Å²) in [4.78, 5) is 10.5. The largest absolute Gasteiger partial charge is 0.384 e. The van der Waals surface area contributed by atoms with E-state index < -0.39 is 0 Å². The second-order valence-electron chi connectivity index (χ2n) is 5.89. The van der Waals surface area contributed by atoms with Crippen molar-refractivity contribution in [3.63, 3.8) is 0 Å². The molecule has 5 heteroatoms. The first-order chi connectivity index (χ1) is 9.26. The molecule has 0 aliphatic rings. The molecule has 20 heavy (non-hydrogen) atoms. The molecule has 1 aromatic carbocycles. The van der Waals surface area contributed by atoms with E-state index in [1.165, 1.54) is 0 Å². The van der Waals surface area contributed by atoms with E-state index in [2.05, 4.69) is 25.2 Å². The third kappa shape index (κ3) is 4.23. The zero-order chi connectivity index (χ0) is 15.3. The molecule has 0 atom stereocenters. The highest BCUT2D eigenvalue weighted by Crippen LogP contribution is 2.28. The number of hydrogen-bond donors (Lipinski definition) is 1. The number of nitriles is 1. The molecule has 108 valence electrons. The third-order valence-electron chi connectivity index (χ3n) is 3.41. The van der Waals surface area contributed by atoms with Gasteiger partial charge in [-0.3, -0.25) is 10.1 Å². The first kappa shape index (κ1) is 16.0. The van der Waals surface area contributed by atoms with E-state index in [1.807, 2.05) is 13.0 Å². The minimum atomic E-state index is -0.358. The van der Waals surface area contributed by atoms with Crippen molar-refractivity contribution in [3.05, 3.63) is 33.4 Å². The van der Waals surface area contributed by atoms with Crippen LogP contribution in [0.25, 0.3) is 0 Å². The van der Waals surface area contributed by atoms with Crippen LogP contribution in [0, 0.1) is 40.7 Å². The number of benzene rings is 1. The van der Waals surface area contributed by atoms with E-state index in [0.717, 1.165) is 24.2 Å². The van der Waals surface area contributed by atoms with Crippen LogP contribution < -0.4 is 5.32 Å². The van der Waals surface area contributed by atoms with Crippen molar-refractivity contribution in [3.8, 4) is 6.07 Å². The van der Waals surface area contributed by atoms with Crippen LogP contribution in [0.1, 0.15) is 37.8 Å². The van der Waals surface area contributed by atoms with Crippen molar-refractivity contribution in [2.24, 2.45) is 5.41 Å². The van der Waals surface area contributed by atoms with Crippen LogP contribution in [0.4, 0.5) is 11.4 Å². The zero-order valence-electron chi connectivity index (χ0n) is 12.5. The molecule has 0 spiro atoms. The van der Waals surface area contributed by atoms with E-state index in [1.54, 1.807) is 13.0 Å². The number of aryl methyl sites for hydroxylation is 2. The van der Waals surface area contributed by atoms with Gasteiger partial charge in [0.05, 0.1) is 11.0 Å². The van der Waals surface area contributed by atoms with Crippen LogP contribution in [0.2, 0.25) is 0 Å². The Hall–Kier alpha value is -2.09. The van der Waals surface area contributed by atoms with Gasteiger partial charge in [-0.05, 0) is 37.3 Å². The maximum absolute atomic E-state index is 10.9. The molecule has 0 amide bonds. The highest BCUT2D eigenvalue weighted by atomic mass is 16.6. The van der Waals surface area contributed by atoms with Crippen LogP contribution in [-0.4, -0.2) is 11.5 Å². The van der Waals surface area contributed by atoms with Gasteiger partial charge in [-0.1, -0.05) is 13.8 Å². The topological polar surface area (TPSA) is 79.0 Å². The SMILES string of the molecule is Cc1cc([N+](=O)[O-])c(C)cc1NCC(C)(C)CCC#N. The lowest BCUT2D eigenvalue weighted by molar-refractivity contribution is -0.385. The van der Waals surface area contributed by atoms with Gasteiger partial charge in [-0.2, -0.15) is 5.26 Å². The standard InChI is InChI=1S/C15H21N3O2/c1-11-9-14(18(19)20)12(2)8-13(11)17-10-15(3,4)6-5-7-16/h8-9,17H,5-6,10H2,1-4H3. The maximum atomic E-state index is 10.9. The van der Waals surface area contributed by atoms with E-state index >= 15 is 0 Å². The Morgan fingerprint density at radius 2 is 2.00 bits per heavy atom. The van der Waals surface area contributed by atoms with Gasteiger partial charge in [-0.15, -0.1) is 0 Å². The van der Waals surface area contributed by atoms with Gasteiger partial charge in [0.1, 0.15) is 0 Å². The number of nitro benzene ring substituents is 1. The summed E-state index contributed by atoms with van der Waals surface area (Å²) in [5.74, 6) is 0. The Balaban J connectivity index is 2.82. The first-order valence-corrected chi connectivity index (χ1v) is 6.63. The van der Waals surface area contributed by atoms with Gasteiger partial charge in [0.15, 0.2) is 0 Å². The van der Waals surface area contributed by atoms with Crippen molar-refractivity contribution in [1.29, 1.82) is 5.26 Å². The molecule has 5 nitrogen and oxygen atoms in total. The molecule has 0 fully saturated rings. The molecule has 0 heterocycles. The van der Waals surface area contributed by atoms with E-state index in [4.69, 9.17) is 5.26 Å². The van der Waals surface area contributed by atoms with Crippen molar-refractivity contribution in [1.82, 2.24) is 0 Å². The van der Waals surface area contributed by atoms with Crippen molar-refractivity contribution >= 4 is 11.4 Å². The molecule has 0 bridgehead atoms. The minimum absolute atomic E-state index is 0.0118. The number of nitro groups is 1. The van der Waals surface area contributed by atoms with Crippen LogP contribution >= 0.6 is 0 Å². The quantitative estimate of drug-likeness (QED) is 0.629. The molecule has 1 aromatic rings. The molecular weight excluding hydrogens is 254 g/mol. The van der Waals surface area contributed by atoms with Crippen LogP contribution in [-0.2, 0) is 0 Å². The van der Waals surface area contributed by atoms with Crippen molar-refractivity contribution in [2.45, 2.75) is 40.5 Å². The van der Waals surface area contributed by atoms with Crippen molar-refractivity contribution < 1.29 is 4.92 Å². The summed E-state index contributed by atoms with van der Waals surface area (Å²) >= 11 is 0. The fraction of sp³-hybridized carbons (Fsp3) is 0.533. The highest BCUT2D eigenvalue weighted by Gasteiger charge is 2.19. The molecular formula is C15H21N3O2. The number of hydrogen-bond acceptors (Lipinski definition) is 4. The fourth-order valence-corrected chi connectivity index (χ4v) is 2.01. The molecule has 0 saturated heterocycles. The molecule has 0 unspecified atom stereocenters. The molecule has 0 radical (unpaired) electrons. The Labute approximate surface area is 119 Å². The summed E-state index contributed by atoms with van der Waals surface area (Å²) in [5, 5.41) is 22.9. The maximum Gasteiger partial charge on any atom is 0.272 e. The molecule has 0 aromatic heterocycles. The van der Waals surface area contributed by atoms with Gasteiger partial charge < -0.3 is 5.32 Å². The molecule has 0 aliphatic heterocycles. The Morgan fingerprint density at radius 1 is 1.35 bits per heavy atom. The smallest absolute Gasteiger partial charge is 0.272 e. The molecule has 0 aliphatic carbocycles. The molecule has 0 saturated carbocycles. The summed E-state index contributed by atoms with van der Waals surface area (Å²) in [6.45, 7) is 8.53. The van der Waals surface area contributed by atoms with Gasteiger partial charge >= 0.3 is 0 Å². The summed E-state index contributed by atoms with van der Waals surface area (Å²) < 4.78 is 0. The number of anilines is 1. The van der Waals surface area contributed by atoms with Crippen LogP contribution in [0.3, 0.4) is 0 Å². The Kier molecular flexibility index (Phi) is 5.09. The highest BCUT2D eigenvalue weighted by molar-refractivity contribution is 5.59. The fourth-order valence-electron chi connectivity index (χ4n) is 2.01. The lowest BCUT2D eigenvalue weighted by Crippen LogP contribution is -2.23. The average Bonchev–Trinajstić information content (AvgIpc) is 2.36. The molecule has 1 N–H and O–H groups in total. The van der Waals surface area contributed by atoms with Gasteiger partial charge in [0, 0.05) is 30.3 Å². The summed E-state index contributed by atoms with van der Waals surface area (Å²) in [6.07, 6.45) is 1.36. The number of nitrogens with zero attached hydrogens (tertiary/aromatic N) is 2. The van der Waals surface area contributed by atoms with Gasteiger partial charge in [0.2, 0.25) is 0 Å². The minimum Gasteiger partial charge on any atom is -0.384 e. The first-order valence-electron chi connectivity index (χ1n) is 6.63. The normalized spacial score (nSPS) is 10.9. The second kappa shape index (κ2) is 6.38. The predicted molar refractivity (Wildman–Crippen MR) is 79.7 cm³/mol. The van der Waals surface area contributed by atoms with Gasteiger partial charge in [0.25, 0.3) is 5.69 Å². The van der Waals surface area contributed by atoms with E-state index in [0.29, 0.717) is 12.0 Å². The summed E-state index contributed by atoms with van der Waals surface area (Å²) in [6, 6.07) is 5.57. The third-order valence-corrected chi connectivity index (χ3v) is 3.41. The monoisotopic (exact) mass is 275 g/mol. The average molecular weight is 275 g/mol. The summed E-state index contributed by atoms with van der Waals surface area (Å²) in [7, 11) is 0. The van der Waals surface area contributed by atoms with Crippen LogP contribution in [0.15, 0.2) is 12.1 Å². The molecule has 1 rings (SSSR count). The predicted octanol–water partition coefficient (Wildman–Crippen LogP) is 3.95. The second-order valence-corrected chi connectivity index (χ2v) is 5.89. The Bertz CT molecular complexity index is 545. The van der Waals surface area contributed by atoms with Crippen LogP contribution in [0.5, 0.6) is 0 Å². The zero-order valence-corrected chi connectivity index (χ0v) is 12.5. The summed E-state index contributed by atoms with van der Waals surface area (Å²) in [5.41, 5.74) is 2.59. The van der Waals surface area contributed by atoms with Crippen molar-refractivity contribution in [2.75, 3.05) is 11.9 Å². The number of rotatable bonds is 6. The van der Waals surface area contributed by atoms with E-state index in [-0.39, 0.29) is 16.0 Å². The Morgan fingerprint density at radius 3 is 2.55 bits per heavy atom. The van der Waals surface area contributed by atoms with Gasteiger partial charge in [-0.25, -0.2) is 0 Å². The lowest BCUT2D eigenvalue weighted by Gasteiger charge is -2.25. The lowest BCUT2D eigenvalue weighted by atomic mass is 9.88. The van der Waals surface area contributed by atoms with E-state index in [9.17, 15) is 10.1 Å². The number of nitrogens with one attached hydrogen (secondary N) is 1.